The van der Waals surface area contributed by atoms with Crippen molar-refractivity contribution in [3.05, 3.63) is 0 Å². The number of carbonyl (C=O) groups excluding carboxylic acids is 1. The van der Waals surface area contributed by atoms with E-state index in [0.29, 0.717) is 0 Å². The third-order valence-electron chi connectivity index (χ3n) is 0. The lowest BCUT2D eigenvalue weighted by Crippen LogP contribution is -1.36. The number of rotatable bonds is 0. The van der Waals surface area contributed by atoms with E-state index in [9.17, 15) is 0 Å². The van der Waals surface area contributed by atoms with E-state index >= 15 is 0 Å². The summed E-state index contributed by atoms with van der Waals surface area (Å²) >= 11 is 0. The fraction of sp³-hybridized carbons (Fsp3) is 0.500. The minimum Gasteiger partial charge on any atom is -0.304 e. The molecule has 3 radical (unpaired) electrons. The number of aldehydes is 1. The fourth-order valence-corrected chi connectivity index (χ4v) is 0. The van der Waals surface area contributed by atoms with E-state index in [1.807, 2.05) is 0 Å². The van der Waals surface area contributed by atoms with Gasteiger partial charge in [-0.2, -0.15) is 0 Å². The van der Waals surface area contributed by atoms with Gasteiger partial charge in [0.1, 0.15) is 6.29 Å². The Morgan fingerprint density at radius 3 is 1.75 bits per heavy atom. The SMILES string of the molecule is CC=O.[P]. The lowest BCUT2D eigenvalue weighted by atomic mass is 11.0. The van der Waals surface area contributed by atoms with Gasteiger partial charge in [-0.15, -0.1) is 0 Å². The van der Waals surface area contributed by atoms with Gasteiger partial charge in [-0.25, -0.2) is 0 Å². The third kappa shape index (κ3) is 254. The topological polar surface area (TPSA) is 17.1 Å². The number of carbonyl (C=O) groups is 1. The molecule has 0 saturated heterocycles. The molecule has 0 heterocycles. The van der Waals surface area contributed by atoms with Crippen molar-refractivity contribution in [2.75, 3.05) is 0 Å². The highest BCUT2D eigenvalue weighted by atomic mass is 31.0. The summed E-state index contributed by atoms with van der Waals surface area (Å²) in [6.45, 7) is 1.44. The normalized spacial score (nSPS) is 3.25. The number of hydrogen-bond acceptors (Lipinski definition) is 1. The molecule has 0 bridgehead atoms. The Morgan fingerprint density at radius 1 is 1.75 bits per heavy atom. The molecular formula is C2H4OP. The molecule has 0 aromatic carbocycles. The van der Waals surface area contributed by atoms with Gasteiger partial charge in [-0.3, -0.25) is 0 Å². The van der Waals surface area contributed by atoms with Crippen molar-refractivity contribution in [3.63, 3.8) is 0 Å². The van der Waals surface area contributed by atoms with Crippen LogP contribution in [0.2, 0.25) is 0 Å². The van der Waals surface area contributed by atoms with Gasteiger partial charge < -0.3 is 4.79 Å². The lowest BCUT2D eigenvalue weighted by Gasteiger charge is -1.23. The molecule has 0 aliphatic rings. The van der Waals surface area contributed by atoms with Crippen LogP contribution in [-0.2, 0) is 4.79 Å². The predicted molar refractivity (Wildman–Crippen MR) is 18.7 cm³/mol. The van der Waals surface area contributed by atoms with Crippen LogP contribution in [0.5, 0.6) is 0 Å². The van der Waals surface area contributed by atoms with Crippen molar-refractivity contribution in [2.45, 2.75) is 6.92 Å². The molecule has 0 aromatic heterocycles. The van der Waals surface area contributed by atoms with Gasteiger partial charge in [-0.05, 0) is 6.92 Å². The molecule has 0 amide bonds. The second kappa shape index (κ2) is 11.3. The van der Waals surface area contributed by atoms with Crippen molar-refractivity contribution in [1.82, 2.24) is 0 Å². The van der Waals surface area contributed by atoms with Crippen molar-refractivity contribution in [3.8, 4) is 0 Å². The zero-order valence-corrected chi connectivity index (χ0v) is 3.33. The van der Waals surface area contributed by atoms with Crippen LogP contribution in [0.3, 0.4) is 0 Å². The summed E-state index contributed by atoms with van der Waals surface area (Å²) in [5, 5.41) is 0. The highest BCUT2D eigenvalue weighted by molar-refractivity contribution is 6.92. The molecule has 0 spiro atoms. The summed E-state index contributed by atoms with van der Waals surface area (Å²) in [5.74, 6) is 0. The van der Waals surface area contributed by atoms with Gasteiger partial charge in [0.15, 0.2) is 0 Å². The van der Waals surface area contributed by atoms with Crippen molar-refractivity contribution in [2.24, 2.45) is 0 Å². The van der Waals surface area contributed by atoms with Crippen molar-refractivity contribution >= 4 is 16.2 Å². The van der Waals surface area contributed by atoms with E-state index in [2.05, 4.69) is 0 Å². The maximum absolute atomic E-state index is 8.81. The Kier molecular flexibility index (Phi) is 25.2. The predicted octanol–water partition coefficient (Wildman–Crippen LogP) is 1.07. The quantitative estimate of drug-likeness (QED) is 0.311. The Hall–Kier alpha value is 0.100. The first-order valence-electron chi connectivity index (χ1n) is 0.813. The van der Waals surface area contributed by atoms with Crippen LogP contribution in [0, 0.1) is 0 Å². The first kappa shape index (κ1) is 8.93. The van der Waals surface area contributed by atoms with Crippen molar-refractivity contribution < 1.29 is 4.79 Å². The average Bonchev–Trinajstić information content (AvgIpc) is 0.918. The average molecular weight is 75.0 g/mol. The van der Waals surface area contributed by atoms with E-state index in [1.165, 1.54) is 6.92 Å². The smallest absolute Gasteiger partial charge is 0.116 e. The van der Waals surface area contributed by atoms with Crippen LogP contribution in [0.15, 0.2) is 0 Å². The van der Waals surface area contributed by atoms with Gasteiger partial charge in [0, 0.05) is 9.90 Å². The Balaban J connectivity index is 0. The second-order valence-corrected chi connectivity index (χ2v) is 0.236. The standard InChI is InChI=1S/C2H4O.P/c1-2-3;/h2H,1H3;. The summed E-state index contributed by atoms with van der Waals surface area (Å²) in [4.78, 5) is 8.81. The van der Waals surface area contributed by atoms with Crippen LogP contribution in [0.1, 0.15) is 6.92 Å². The van der Waals surface area contributed by atoms with Crippen LogP contribution in [-0.4, -0.2) is 6.29 Å². The highest BCUT2D eigenvalue weighted by Crippen LogP contribution is 1.13. The summed E-state index contributed by atoms with van der Waals surface area (Å²) in [7, 11) is 0. The van der Waals surface area contributed by atoms with E-state index in [4.69, 9.17) is 4.79 Å². The molecule has 23 valence electrons. The largest absolute Gasteiger partial charge is 0.304 e. The molecule has 0 aromatic rings. The molecule has 0 atom stereocenters. The zero-order valence-electron chi connectivity index (χ0n) is 2.43. The first-order valence-corrected chi connectivity index (χ1v) is 0.813. The zero-order chi connectivity index (χ0) is 2.71. The third-order valence-corrected chi connectivity index (χ3v) is 0. The molecule has 0 N–H and O–H groups in total. The lowest BCUT2D eigenvalue weighted by molar-refractivity contribution is -0.106. The van der Waals surface area contributed by atoms with Gasteiger partial charge >= 0.3 is 0 Å². The summed E-state index contributed by atoms with van der Waals surface area (Å²) in [5.41, 5.74) is 0. The van der Waals surface area contributed by atoms with Crippen molar-refractivity contribution in [1.29, 1.82) is 0 Å². The summed E-state index contributed by atoms with van der Waals surface area (Å²) in [6.07, 6.45) is 0.750. The van der Waals surface area contributed by atoms with Gasteiger partial charge in [0.25, 0.3) is 0 Å². The molecule has 2 heteroatoms. The maximum Gasteiger partial charge on any atom is 0.116 e. The Labute approximate surface area is 29.0 Å². The first-order chi connectivity index (χ1) is 1.41. The minimum absolute atomic E-state index is 0. The van der Waals surface area contributed by atoms with Crippen LogP contribution in [0.4, 0.5) is 0 Å². The van der Waals surface area contributed by atoms with E-state index in [-0.39, 0.29) is 9.90 Å². The van der Waals surface area contributed by atoms with Crippen LogP contribution < -0.4 is 0 Å². The molecule has 0 aliphatic heterocycles. The second-order valence-electron chi connectivity index (χ2n) is 0.236. The molecule has 4 heavy (non-hydrogen) atoms. The van der Waals surface area contributed by atoms with E-state index in [1.54, 1.807) is 0 Å². The van der Waals surface area contributed by atoms with Gasteiger partial charge in [0.2, 0.25) is 0 Å². The molecular weight excluding hydrogens is 71.0 g/mol. The van der Waals surface area contributed by atoms with Gasteiger partial charge in [0.05, 0.1) is 0 Å². The summed E-state index contributed by atoms with van der Waals surface area (Å²) in [6, 6.07) is 0. The van der Waals surface area contributed by atoms with E-state index < -0.39 is 0 Å². The molecule has 0 saturated carbocycles. The minimum atomic E-state index is 0. The van der Waals surface area contributed by atoms with Crippen LogP contribution >= 0.6 is 9.90 Å². The summed E-state index contributed by atoms with van der Waals surface area (Å²) < 4.78 is 0. The Bertz CT molecular complexity index is 13.5. The molecule has 0 aliphatic carbocycles. The molecule has 1 nitrogen and oxygen atoms in total. The monoisotopic (exact) mass is 75.0 g/mol. The molecule has 0 unspecified atom stereocenters. The van der Waals surface area contributed by atoms with Gasteiger partial charge in [-0.1, -0.05) is 0 Å². The van der Waals surface area contributed by atoms with E-state index in [0.717, 1.165) is 6.29 Å². The maximum atomic E-state index is 8.81. The highest BCUT2D eigenvalue weighted by Gasteiger charge is 1.24. The fourth-order valence-electron chi connectivity index (χ4n) is 0. The Morgan fingerprint density at radius 2 is 1.75 bits per heavy atom. The number of hydrogen-bond donors (Lipinski definition) is 0. The molecule has 0 fully saturated rings. The molecule has 0 rings (SSSR count). The van der Waals surface area contributed by atoms with Crippen LogP contribution in [0.25, 0.3) is 0 Å².